The SMILES string of the molecule is O=C(Nc1ccc(NCc2ccccc2)cn1)c1cccnc1. The zero-order valence-corrected chi connectivity index (χ0v) is 12.4. The Morgan fingerprint density at radius 1 is 0.957 bits per heavy atom. The van der Waals surface area contributed by atoms with Crippen LogP contribution in [-0.4, -0.2) is 15.9 Å². The molecule has 2 aromatic heterocycles. The number of anilines is 2. The molecule has 0 aliphatic rings. The fourth-order valence-electron chi connectivity index (χ4n) is 2.06. The second-order valence-corrected chi connectivity index (χ2v) is 4.97. The minimum atomic E-state index is -0.226. The van der Waals surface area contributed by atoms with Crippen molar-refractivity contribution in [3.05, 3.63) is 84.3 Å². The lowest BCUT2D eigenvalue weighted by atomic mass is 10.2. The molecule has 0 saturated carbocycles. The van der Waals surface area contributed by atoms with Gasteiger partial charge in [0.2, 0.25) is 0 Å². The normalized spacial score (nSPS) is 10.1. The lowest BCUT2D eigenvalue weighted by Crippen LogP contribution is -2.13. The van der Waals surface area contributed by atoms with Crippen molar-refractivity contribution in [2.24, 2.45) is 0 Å². The summed E-state index contributed by atoms with van der Waals surface area (Å²) in [6.07, 6.45) is 4.84. The molecular weight excluding hydrogens is 288 g/mol. The first-order valence-electron chi connectivity index (χ1n) is 7.26. The van der Waals surface area contributed by atoms with Gasteiger partial charge in [0.1, 0.15) is 5.82 Å². The van der Waals surface area contributed by atoms with Gasteiger partial charge in [0, 0.05) is 18.9 Å². The van der Waals surface area contributed by atoms with Crippen LogP contribution in [0.4, 0.5) is 11.5 Å². The molecule has 2 N–H and O–H groups in total. The molecule has 3 rings (SSSR count). The van der Waals surface area contributed by atoms with Gasteiger partial charge in [0.25, 0.3) is 5.91 Å². The molecule has 0 atom stereocenters. The van der Waals surface area contributed by atoms with Gasteiger partial charge in [-0.15, -0.1) is 0 Å². The Hall–Kier alpha value is -3.21. The van der Waals surface area contributed by atoms with Crippen molar-refractivity contribution in [1.82, 2.24) is 9.97 Å². The molecule has 23 heavy (non-hydrogen) atoms. The first-order valence-corrected chi connectivity index (χ1v) is 7.26. The molecule has 0 bridgehead atoms. The summed E-state index contributed by atoms with van der Waals surface area (Å²) in [5, 5.41) is 6.03. The molecule has 0 unspecified atom stereocenters. The number of carbonyl (C=O) groups is 1. The van der Waals surface area contributed by atoms with Crippen LogP contribution in [-0.2, 0) is 6.54 Å². The zero-order chi connectivity index (χ0) is 15.9. The predicted molar refractivity (Wildman–Crippen MR) is 90.2 cm³/mol. The fourth-order valence-corrected chi connectivity index (χ4v) is 2.06. The summed E-state index contributed by atoms with van der Waals surface area (Å²) >= 11 is 0. The van der Waals surface area contributed by atoms with E-state index in [1.807, 2.05) is 24.3 Å². The van der Waals surface area contributed by atoms with E-state index in [0.717, 1.165) is 12.2 Å². The van der Waals surface area contributed by atoms with E-state index in [-0.39, 0.29) is 5.91 Å². The van der Waals surface area contributed by atoms with Crippen molar-refractivity contribution in [2.45, 2.75) is 6.54 Å². The Morgan fingerprint density at radius 3 is 2.52 bits per heavy atom. The number of amides is 1. The third kappa shape index (κ3) is 4.14. The number of pyridine rings is 2. The quantitative estimate of drug-likeness (QED) is 0.758. The van der Waals surface area contributed by atoms with E-state index in [9.17, 15) is 4.79 Å². The summed E-state index contributed by atoms with van der Waals surface area (Å²) in [4.78, 5) is 20.2. The van der Waals surface area contributed by atoms with Gasteiger partial charge in [-0.05, 0) is 29.8 Å². The number of benzene rings is 1. The van der Waals surface area contributed by atoms with E-state index in [1.165, 1.54) is 11.8 Å². The van der Waals surface area contributed by atoms with E-state index in [1.54, 1.807) is 30.6 Å². The molecular formula is C18H16N4O. The molecule has 0 saturated heterocycles. The summed E-state index contributed by atoms with van der Waals surface area (Å²) in [5.74, 6) is 0.278. The van der Waals surface area contributed by atoms with Crippen LogP contribution in [0.2, 0.25) is 0 Å². The largest absolute Gasteiger partial charge is 0.380 e. The number of nitrogens with zero attached hydrogens (tertiary/aromatic N) is 2. The Morgan fingerprint density at radius 2 is 1.83 bits per heavy atom. The Labute approximate surface area is 134 Å². The second kappa shape index (κ2) is 7.17. The van der Waals surface area contributed by atoms with Crippen LogP contribution in [0.25, 0.3) is 0 Å². The van der Waals surface area contributed by atoms with Crippen molar-refractivity contribution < 1.29 is 4.79 Å². The monoisotopic (exact) mass is 304 g/mol. The van der Waals surface area contributed by atoms with Crippen LogP contribution in [0.5, 0.6) is 0 Å². The highest BCUT2D eigenvalue weighted by Crippen LogP contribution is 2.12. The van der Waals surface area contributed by atoms with Crippen LogP contribution < -0.4 is 10.6 Å². The minimum Gasteiger partial charge on any atom is -0.380 e. The molecule has 5 nitrogen and oxygen atoms in total. The number of rotatable bonds is 5. The van der Waals surface area contributed by atoms with Crippen molar-refractivity contribution in [1.29, 1.82) is 0 Å². The highest BCUT2D eigenvalue weighted by atomic mass is 16.1. The number of hydrogen-bond donors (Lipinski definition) is 2. The van der Waals surface area contributed by atoms with Crippen LogP contribution in [0.15, 0.2) is 73.2 Å². The third-order valence-electron chi connectivity index (χ3n) is 3.27. The maximum atomic E-state index is 12.0. The van der Waals surface area contributed by atoms with Crippen molar-refractivity contribution in [3.8, 4) is 0 Å². The average Bonchev–Trinajstić information content (AvgIpc) is 2.63. The predicted octanol–water partition coefficient (Wildman–Crippen LogP) is 3.34. The first kappa shape index (κ1) is 14.7. The maximum Gasteiger partial charge on any atom is 0.258 e. The topological polar surface area (TPSA) is 66.9 Å². The highest BCUT2D eigenvalue weighted by molar-refractivity contribution is 6.03. The summed E-state index contributed by atoms with van der Waals surface area (Å²) in [6.45, 7) is 0.726. The second-order valence-electron chi connectivity index (χ2n) is 4.97. The van der Waals surface area contributed by atoms with Gasteiger partial charge in [0.15, 0.2) is 0 Å². The van der Waals surface area contributed by atoms with Crippen LogP contribution in [0.3, 0.4) is 0 Å². The first-order chi connectivity index (χ1) is 11.3. The number of hydrogen-bond acceptors (Lipinski definition) is 4. The lowest BCUT2D eigenvalue weighted by molar-refractivity contribution is 0.102. The molecule has 0 aliphatic heterocycles. The summed E-state index contributed by atoms with van der Waals surface area (Å²) in [6, 6.07) is 17.2. The van der Waals surface area contributed by atoms with Crippen LogP contribution in [0.1, 0.15) is 15.9 Å². The van der Waals surface area contributed by atoms with Gasteiger partial charge in [-0.1, -0.05) is 30.3 Å². The molecule has 2 heterocycles. The molecule has 1 amide bonds. The summed E-state index contributed by atoms with van der Waals surface area (Å²) in [7, 11) is 0. The molecule has 0 radical (unpaired) electrons. The zero-order valence-electron chi connectivity index (χ0n) is 12.4. The molecule has 0 spiro atoms. The fraction of sp³-hybridized carbons (Fsp3) is 0.0556. The van der Waals surface area contributed by atoms with Gasteiger partial charge < -0.3 is 10.6 Å². The molecule has 0 aliphatic carbocycles. The van der Waals surface area contributed by atoms with Crippen LogP contribution >= 0.6 is 0 Å². The molecule has 114 valence electrons. The van der Waals surface area contributed by atoms with E-state index < -0.39 is 0 Å². The molecule has 5 heteroatoms. The molecule has 1 aromatic carbocycles. The van der Waals surface area contributed by atoms with E-state index in [4.69, 9.17) is 0 Å². The van der Waals surface area contributed by atoms with E-state index in [2.05, 4.69) is 32.7 Å². The Kier molecular flexibility index (Phi) is 4.59. The summed E-state index contributed by atoms with van der Waals surface area (Å²) < 4.78 is 0. The summed E-state index contributed by atoms with van der Waals surface area (Å²) in [5.41, 5.74) is 2.59. The van der Waals surface area contributed by atoms with Gasteiger partial charge >= 0.3 is 0 Å². The molecule has 3 aromatic rings. The van der Waals surface area contributed by atoms with Gasteiger partial charge in [-0.2, -0.15) is 0 Å². The van der Waals surface area contributed by atoms with Gasteiger partial charge in [0.05, 0.1) is 17.4 Å². The Bertz CT molecular complexity index is 758. The van der Waals surface area contributed by atoms with Gasteiger partial charge in [-0.25, -0.2) is 4.98 Å². The number of nitrogens with one attached hydrogen (secondary N) is 2. The molecule has 0 fully saturated rings. The van der Waals surface area contributed by atoms with Crippen LogP contribution in [0, 0.1) is 0 Å². The maximum absolute atomic E-state index is 12.0. The van der Waals surface area contributed by atoms with E-state index in [0.29, 0.717) is 11.4 Å². The van der Waals surface area contributed by atoms with Gasteiger partial charge in [-0.3, -0.25) is 9.78 Å². The van der Waals surface area contributed by atoms with Crippen molar-refractivity contribution in [2.75, 3.05) is 10.6 Å². The minimum absolute atomic E-state index is 0.226. The number of aromatic nitrogens is 2. The smallest absolute Gasteiger partial charge is 0.258 e. The van der Waals surface area contributed by atoms with Crippen molar-refractivity contribution in [3.63, 3.8) is 0 Å². The lowest BCUT2D eigenvalue weighted by Gasteiger charge is -2.08. The van der Waals surface area contributed by atoms with E-state index >= 15 is 0 Å². The average molecular weight is 304 g/mol. The number of carbonyl (C=O) groups excluding carboxylic acids is 1. The van der Waals surface area contributed by atoms with Crippen molar-refractivity contribution >= 4 is 17.4 Å². The third-order valence-corrected chi connectivity index (χ3v) is 3.27. The Balaban J connectivity index is 1.58. The standard InChI is InChI=1S/C18H16N4O/c23-18(15-7-4-10-19-12-15)22-17-9-8-16(13-21-17)20-11-14-5-2-1-3-6-14/h1-10,12-13,20H,11H2,(H,21,22,23). The highest BCUT2D eigenvalue weighted by Gasteiger charge is 2.06.